The predicted octanol–water partition coefficient (Wildman–Crippen LogP) is 2.47. The van der Waals surface area contributed by atoms with Crippen LogP contribution in [0.15, 0.2) is 42.9 Å². The smallest absolute Gasteiger partial charge is 0.222 e. The number of rotatable bonds is 5. The lowest BCUT2D eigenvalue weighted by molar-refractivity contribution is -0.141. The molecule has 5 heteroatoms. The van der Waals surface area contributed by atoms with Crippen molar-refractivity contribution in [1.29, 1.82) is 0 Å². The number of benzene rings is 1. The monoisotopic (exact) mass is 338 g/mol. The van der Waals surface area contributed by atoms with Gasteiger partial charge in [0, 0.05) is 50.5 Å². The Balaban J connectivity index is 1.37. The van der Waals surface area contributed by atoms with Crippen molar-refractivity contribution in [2.75, 3.05) is 19.6 Å². The lowest BCUT2D eigenvalue weighted by Crippen LogP contribution is -2.56. The molecule has 2 saturated heterocycles. The molecule has 4 rings (SSSR count). The van der Waals surface area contributed by atoms with E-state index >= 15 is 0 Å². The lowest BCUT2D eigenvalue weighted by Gasteiger charge is -2.47. The maximum Gasteiger partial charge on any atom is 0.222 e. The molecule has 1 N–H and O–H groups in total. The van der Waals surface area contributed by atoms with Crippen LogP contribution in [0.3, 0.4) is 0 Å². The summed E-state index contributed by atoms with van der Waals surface area (Å²) in [6, 6.07) is 10.9. The Bertz CT molecular complexity index is 685. The van der Waals surface area contributed by atoms with Gasteiger partial charge in [-0.1, -0.05) is 30.3 Å². The van der Waals surface area contributed by atoms with Crippen LogP contribution >= 0.6 is 0 Å². The molecule has 0 radical (unpaired) electrons. The van der Waals surface area contributed by atoms with Crippen molar-refractivity contribution >= 4 is 5.91 Å². The van der Waals surface area contributed by atoms with Gasteiger partial charge in [0.2, 0.25) is 5.91 Å². The third-order valence-corrected chi connectivity index (χ3v) is 5.66. The molecule has 132 valence electrons. The number of amides is 1. The maximum atomic E-state index is 12.5. The van der Waals surface area contributed by atoms with Crippen molar-refractivity contribution in [3.05, 3.63) is 54.1 Å². The number of fused-ring (bicyclic) bond motifs is 1. The number of imidazole rings is 1. The molecule has 0 unspecified atom stereocenters. The van der Waals surface area contributed by atoms with E-state index in [0.717, 1.165) is 45.4 Å². The first-order valence-electron chi connectivity index (χ1n) is 9.32. The fraction of sp³-hybridized carbons (Fsp3) is 0.500. The number of hydrogen-bond acceptors (Lipinski definition) is 3. The Kier molecular flexibility index (Phi) is 4.83. The first-order valence-corrected chi connectivity index (χ1v) is 9.32. The second-order valence-corrected chi connectivity index (χ2v) is 7.29. The molecule has 0 saturated carbocycles. The highest BCUT2D eigenvalue weighted by Crippen LogP contribution is 2.31. The average Bonchev–Trinajstić information content (AvgIpc) is 3.15. The normalized spacial score (nSPS) is 24.3. The van der Waals surface area contributed by atoms with Crippen molar-refractivity contribution in [3.8, 4) is 0 Å². The number of hydrogen-bond donors (Lipinski definition) is 1. The first-order chi connectivity index (χ1) is 12.3. The van der Waals surface area contributed by atoms with Gasteiger partial charge in [0.25, 0.3) is 0 Å². The van der Waals surface area contributed by atoms with Crippen molar-refractivity contribution < 1.29 is 4.79 Å². The Morgan fingerprint density at radius 1 is 1.20 bits per heavy atom. The Morgan fingerprint density at radius 3 is 2.88 bits per heavy atom. The van der Waals surface area contributed by atoms with Gasteiger partial charge in [-0.2, -0.15) is 0 Å². The molecular formula is C20H26N4O. The van der Waals surface area contributed by atoms with E-state index in [-0.39, 0.29) is 0 Å². The number of piperidine rings is 2. The molecule has 0 spiro atoms. The van der Waals surface area contributed by atoms with E-state index in [2.05, 4.69) is 44.0 Å². The zero-order valence-electron chi connectivity index (χ0n) is 14.6. The van der Waals surface area contributed by atoms with E-state index < -0.39 is 0 Å². The minimum atomic E-state index is 0.346. The number of carbonyl (C=O) groups excluding carboxylic acids is 1. The van der Waals surface area contributed by atoms with E-state index in [0.29, 0.717) is 24.3 Å². The molecule has 25 heavy (non-hydrogen) atoms. The van der Waals surface area contributed by atoms with Gasteiger partial charge in [-0.05, 0) is 30.7 Å². The summed E-state index contributed by atoms with van der Waals surface area (Å²) in [7, 11) is 0. The third-order valence-electron chi connectivity index (χ3n) is 5.66. The fourth-order valence-electron chi connectivity index (χ4n) is 4.37. The van der Waals surface area contributed by atoms with Gasteiger partial charge < -0.3 is 9.88 Å². The van der Waals surface area contributed by atoms with Crippen LogP contribution in [0, 0.1) is 5.92 Å². The summed E-state index contributed by atoms with van der Waals surface area (Å²) < 4.78 is 0. The van der Waals surface area contributed by atoms with Gasteiger partial charge in [0.1, 0.15) is 0 Å². The molecular weight excluding hydrogens is 312 g/mol. The summed E-state index contributed by atoms with van der Waals surface area (Å²) in [5.74, 6) is 0.948. The minimum absolute atomic E-state index is 0.346. The van der Waals surface area contributed by atoms with Crippen LogP contribution in [0.1, 0.15) is 30.5 Å². The van der Waals surface area contributed by atoms with Crippen LogP contribution in [0.2, 0.25) is 0 Å². The van der Waals surface area contributed by atoms with Crippen LogP contribution < -0.4 is 0 Å². The fourth-order valence-corrected chi connectivity index (χ4v) is 4.37. The van der Waals surface area contributed by atoms with Crippen molar-refractivity contribution in [2.24, 2.45) is 5.92 Å². The summed E-state index contributed by atoms with van der Waals surface area (Å²) in [6.45, 7) is 3.92. The number of nitrogens with zero attached hydrogens (tertiary/aromatic N) is 3. The second kappa shape index (κ2) is 7.40. The predicted molar refractivity (Wildman–Crippen MR) is 96.9 cm³/mol. The molecule has 3 heterocycles. The van der Waals surface area contributed by atoms with Gasteiger partial charge in [-0.25, -0.2) is 4.98 Å². The number of nitrogens with one attached hydrogen (secondary N) is 1. The number of aromatic amines is 1. The minimum Gasteiger partial charge on any atom is -0.347 e. The molecule has 2 fully saturated rings. The number of carbonyl (C=O) groups is 1. The summed E-state index contributed by atoms with van der Waals surface area (Å²) in [4.78, 5) is 24.5. The molecule has 2 atom stereocenters. The highest BCUT2D eigenvalue weighted by Gasteiger charge is 2.38. The van der Waals surface area contributed by atoms with Crippen molar-refractivity contribution in [3.63, 3.8) is 0 Å². The van der Waals surface area contributed by atoms with Gasteiger partial charge in [-0.3, -0.25) is 9.69 Å². The number of H-pyrrole nitrogens is 1. The molecule has 5 nitrogen and oxygen atoms in total. The van der Waals surface area contributed by atoms with E-state index in [9.17, 15) is 4.79 Å². The summed E-state index contributed by atoms with van der Waals surface area (Å²) in [5, 5.41) is 0. The standard InChI is InChI=1S/C20H26N4O/c25-20-7-6-17-13-23(14-18-12-21-15-22-18)10-9-19(17)24(20)11-8-16-4-2-1-3-5-16/h1-5,12,15,17,19H,6-11,13-14H2,(H,21,22)/t17-,19+/m1/s1. The molecule has 2 aliphatic heterocycles. The molecule has 2 aromatic rings. The van der Waals surface area contributed by atoms with Crippen molar-refractivity contribution in [1.82, 2.24) is 19.8 Å². The summed E-state index contributed by atoms with van der Waals surface area (Å²) in [5.41, 5.74) is 2.49. The van der Waals surface area contributed by atoms with Gasteiger partial charge in [-0.15, -0.1) is 0 Å². The summed E-state index contributed by atoms with van der Waals surface area (Å²) in [6.07, 6.45) is 7.42. The van der Waals surface area contributed by atoms with E-state index in [4.69, 9.17) is 0 Å². The zero-order valence-corrected chi connectivity index (χ0v) is 14.6. The van der Waals surface area contributed by atoms with Crippen LogP contribution in [-0.2, 0) is 17.8 Å². The lowest BCUT2D eigenvalue weighted by atomic mass is 9.83. The van der Waals surface area contributed by atoms with Gasteiger partial charge >= 0.3 is 0 Å². The molecule has 0 aliphatic carbocycles. The van der Waals surface area contributed by atoms with Crippen LogP contribution in [0.4, 0.5) is 0 Å². The maximum absolute atomic E-state index is 12.5. The Hall–Kier alpha value is -2.14. The highest BCUT2D eigenvalue weighted by molar-refractivity contribution is 5.77. The average molecular weight is 338 g/mol. The Morgan fingerprint density at radius 2 is 2.08 bits per heavy atom. The van der Waals surface area contributed by atoms with Crippen LogP contribution in [-0.4, -0.2) is 51.4 Å². The molecule has 1 aromatic heterocycles. The Labute approximate surface area is 149 Å². The van der Waals surface area contributed by atoms with Gasteiger partial charge in [0.05, 0.1) is 6.33 Å². The SMILES string of the molecule is O=C1CC[C@@H]2CN(Cc3cnc[nH]3)CC[C@@H]2N1CCc1ccccc1. The molecule has 1 amide bonds. The largest absolute Gasteiger partial charge is 0.347 e. The van der Waals surface area contributed by atoms with E-state index in [1.54, 1.807) is 6.33 Å². The van der Waals surface area contributed by atoms with Crippen LogP contribution in [0.25, 0.3) is 0 Å². The first kappa shape index (κ1) is 16.3. The van der Waals surface area contributed by atoms with Crippen molar-refractivity contribution in [2.45, 2.75) is 38.3 Å². The topological polar surface area (TPSA) is 52.2 Å². The number of likely N-dealkylation sites (tertiary alicyclic amines) is 2. The summed E-state index contributed by atoms with van der Waals surface area (Å²) >= 11 is 0. The molecule has 1 aromatic carbocycles. The van der Waals surface area contributed by atoms with E-state index in [1.165, 1.54) is 11.3 Å². The quantitative estimate of drug-likeness (QED) is 0.911. The third kappa shape index (κ3) is 3.76. The van der Waals surface area contributed by atoms with Gasteiger partial charge in [0.15, 0.2) is 0 Å². The van der Waals surface area contributed by atoms with Crippen LogP contribution in [0.5, 0.6) is 0 Å². The second-order valence-electron chi connectivity index (χ2n) is 7.29. The molecule has 2 aliphatic rings. The number of aromatic nitrogens is 2. The zero-order chi connectivity index (χ0) is 17.1. The molecule has 0 bridgehead atoms. The van der Waals surface area contributed by atoms with E-state index in [1.807, 2.05) is 12.3 Å². The highest BCUT2D eigenvalue weighted by atomic mass is 16.2.